The molecule has 5 heteroatoms. The van der Waals surface area contributed by atoms with Gasteiger partial charge in [-0.3, -0.25) is 0 Å². The van der Waals surface area contributed by atoms with Gasteiger partial charge in [0.1, 0.15) is 0 Å². The number of alkyl halides is 3. The van der Waals surface area contributed by atoms with E-state index >= 15 is 0 Å². The van der Waals surface area contributed by atoms with Crippen LogP contribution in [-0.4, -0.2) is 11.7 Å². The average Bonchev–Trinajstić information content (AvgIpc) is 2.19. The molecule has 0 aliphatic rings. The van der Waals surface area contributed by atoms with E-state index in [1.54, 1.807) is 0 Å². The van der Waals surface area contributed by atoms with Gasteiger partial charge in [-0.2, -0.15) is 13.2 Å². The van der Waals surface area contributed by atoms with Crippen LogP contribution in [0.2, 0.25) is 5.02 Å². The molecule has 0 atom stereocenters. The number of rotatable bonds is 1. The zero-order valence-electron chi connectivity index (χ0n) is 8.11. The molecule has 1 N–H and O–H groups in total. The predicted molar refractivity (Wildman–Crippen MR) is 55.0 cm³/mol. The first-order chi connectivity index (χ1) is 7.45. The third-order valence-corrected chi connectivity index (χ3v) is 2.07. The summed E-state index contributed by atoms with van der Waals surface area (Å²) in [4.78, 5) is 0. The van der Waals surface area contributed by atoms with Crippen molar-refractivity contribution in [1.82, 2.24) is 0 Å². The van der Waals surface area contributed by atoms with Gasteiger partial charge in [0.05, 0.1) is 17.2 Å². The highest BCUT2D eigenvalue weighted by Gasteiger charge is 2.30. The zero-order valence-corrected chi connectivity index (χ0v) is 8.86. The second-order valence-corrected chi connectivity index (χ2v) is 3.37. The van der Waals surface area contributed by atoms with E-state index in [1.807, 2.05) is 0 Å². The fourth-order valence-electron chi connectivity index (χ4n) is 1.01. The standard InChI is InChI=1S/C11H8ClF3O/c12-10-7-9(11(13,14)15)5-4-8(10)3-1-2-6-16/h4-5,7,16H,2,6H2. The largest absolute Gasteiger partial charge is 0.416 e. The number of hydrogen-bond donors (Lipinski definition) is 1. The van der Waals surface area contributed by atoms with Crippen molar-refractivity contribution >= 4 is 11.6 Å². The molecule has 16 heavy (non-hydrogen) atoms. The van der Waals surface area contributed by atoms with Crippen LogP contribution in [0.15, 0.2) is 18.2 Å². The Morgan fingerprint density at radius 1 is 1.31 bits per heavy atom. The highest BCUT2D eigenvalue weighted by atomic mass is 35.5. The molecule has 1 nitrogen and oxygen atoms in total. The molecule has 0 fully saturated rings. The fourth-order valence-corrected chi connectivity index (χ4v) is 1.23. The molecular formula is C11H8ClF3O. The first-order valence-corrected chi connectivity index (χ1v) is 4.79. The van der Waals surface area contributed by atoms with Gasteiger partial charge < -0.3 is 5.11 Å². The molecule has 0 unspecified atom stereocenters. The molecule has 0 bridgehead atoms. The summed E-state index contributed by atoms with van der Waals surface area (Å²) in [5, 5.41) is 8.44. The van der Waals surface area contributed by atoms with Crippen LogP contribution in [0.25, 0.3) is 0 Å². The maximum atomic E-state index is 12.3. The predicted octanol–water partition coefficient (Wildman–Crippen LogP) is 3.09. The minimum absolute atomic E-state index is 0.0414. The van der Waals surface area contributed by atoms with Gasteiger partial charge in [-0.15, -0.1) is 0 Å². The number of hydrogen-bond acceptors (Lipinski definition) is 1. The van der Waals surface area contributed by atoms with Crippen LogP contribution in [0.3, 0.4) is 0 Å². The minimum Gasteiger partial charge on any atom is -0.395 e. The van der Waals surface area contributed by atoms with Crippen molar-refractivity contribution in [2.45, 2.75) is 12.6 Å². The Bertz CT molecular complexity index is 429. The molecule has 0 aliphatic carbocycles. The molecule has 0 radical (unpaired) electrons. The number of aliphatic hydroxyl groups excluding tert-OH is 1. The maximum Gasteiger partial charge on any atom is 0.416 e. The van der Waals surface area contributed by atoms with Crippen molar-refractivity contribution in [2.75, 3.05) is 6.61 Å². The monoisotopic (exact) mass is 248 g/mol. The van der Waals surface area contributed by atoms with Crippen LogP contribution in [0.1, 0.15) is 17.5 Å². The van der Waals surface area contributed by atoms with Crippen LogP contribution >= 0.6 is 11.6 Å². The fraction of sp³-hybridized carbons (Fsp3) is 0.273. The molecule has 0 heterocycles. The van der Waals surface area contributed by atoms with E-state index in [1.165, 1.54) is 6.07 Å². The molecule has 0 spiro atoms. The summed E-state index contributed by atoms with van der Waals surface area (Å²) in [5.74, 6) is 5.17. The maximum absolute atomic E-state index is 12.3. The smallest absolute Gasteiger partial charge is 0.395 e. The van der Waals surface area contributed by atoms with E-state index in [4.69, 9.17) is 16.7 Å². The lowest BCUT2D eigenvalue weighted by atomic mass is 10.1. The number of benzene rings is 1. The Morgan fingerprint density at radius 2 is 2.00 bits per heavy atom. The van der Waals surface area contributed by atoms with Crippen LogP contribution in [-0.2, 0) is 6.18 Å². The van der Waals surface area contributed by atoms with Crippen molar-refractivity contribution in [3.8, 4) is 11.8 Å². The van der Waals surface area contributed by atoms with Gasteiger partial charge in [-0.1, -0.05) is 23.4 Å². The lowest BCUT2D eigenvalue weighted by Crippen LogP contribution is -2.04. The topological polar surface area (TPSA) is 20.2 Å². The van der Waals surface area contributed by atoms with E-state index in [0.717, 1.165) is 12.1 Å². The molecule has 1 rings (SSSR count). The van der Waals surface area contributed by atoms with E-state index in [0.29, 0.717) is 5.56 Å². The number of halogens is 4. The van der Waals surface area contributed by atoms with Gasteiger partial charge in [0.25, 0.3) is 0 Å². The minimum atomic E-state index is -4.40. The summed E-state index contributed by atoms with van der Waals surface area (Å²) in [6, 6.07) is 2.98. The summed E-state index contributed by atoms with van der Waals surface area (Å²) in [6.07, 6.45) is -4.14. The van der Waals surface area contributed by atoms with E-state index in [9.17, 15) is 13.2 Å². The molecule has 0 amide bonds. The summed E-state index contributed by atoms with van der Waals surface area (Å²) >= 11 is 5.65. The number of aliphatic hydroxyl groups is 1. The van der Waals surface area contributed by atoms with E-state index in [-0.39, 0.29) is 18.1 Å². The highest BCUT2D eigenvalue weighted by Crippen LogP contribution is 2.31. The molecule has 1 aromatic rings. The van der Waals surface area contributed by atoms with Crippen LogP contribution in [0.4, 0.5) is 13.2 Å². The first-order valence-electron chi connectivity index (χ1n) is 4.41. The summed E-state index contributed by atoms with van der Waals surface area (Å²) in [7, 11) is 0. The Hall–Kier alpha value is -1.18. The Morgan fingerprint density at radius 3 is 2.50 bits per heavy atom. The van der Waals surface area contributed by atoms with Crippen LogP contribution in [0, 0.1) is 11.8 Å². The molecule has 0 aliphatic heterocycles. The van der Waals surface area contributed by atoms with Crippen LogP contribution < -0.4 is 0 Å². The summed E-state index contributed by atoms with van der Waals surface area (Å²) < 4.78 is 36.8. The van der Waals surface area contributed by atoms with E-state index in [2.05, 4.69) is 11.8 Å². The van der Waals surface area contributed by atoms with Crippen molar-refractivity contribution in [2.24, 2.45) is 0 Å². The van der Waals surface area contributed by atoms with Crippen molar-refractivity contribution in [1.29, 1.82) is 0 Å². The molecular weight excluding hydrogens is 241 g/mol. The van der Waals surface area contributed by atoms with E-state index < -0.39 is 11.7 Å². The van der Waals surface area contributed by atoms with Gasteiger partial charge in [0.2, 0.25) is 0 Å². The van der Waals surface area contributed by atoms with Crippen LogP contribution in [0.5, 0.6) is 0 Å². The van der Waals surface area contributed by atoms with Crippen molar-refractivity contribution in [3.63, 3.8) is 0 Å². The normalized spacial score (nSPS) is 10.8. The third-order valence-electron chi connectivity index (χ3n) is 1.76. The zero-order chi connectivity index (χ0) is 12.2. The first kappa shape index (κ1) is 12.9. The average molecular weight is 249 g/mol. The van der Waals surface area contributed by atoms with Gasteiger partial charge in [-0.25, -0.2) is 0 Å². The summed E-state index contributed by atoms with van der Waals surface area (Å²) in [5.41, 5.74) is -0.478. The Kier molecular flexibility index (Phi) is 4.22. The van der Waals surface area contributed by atoms with Crippen molar-refractivity contribution < 1.29 is 18.3 Å². The van der Waals surface area contributed by atoms with Gasteiger partial charge in [-0.05, 0) is 18.2 Å². The highest BCUT2D eigenvalue weighted by molar-refractivity contribution is 6.31. The quantitative estimate of drug-likeness (QED) is 0.758. The Balaban J connectivity index is 2.98. The lowest BCUT2D eigenvalue weighted by Gasteiger charge is -2.07. The second kappa shape index (κ2) is 5.24. The van der Waals surface area contributed by atoms with Gasteiger partial charge >= 0.3 is 6.18 Å². The van der Waals surface area contributed by atoms with Gasteiger partial charge in [0.15, 0.2) is 0 Å². The molecule has 86 valence electrons. The second-order valence-electron chi connectivity index (χ2n) is 2.97. The molecule has 0 saturated carbocycles. The third kappa shape index (κ3) is 3.44. The SMILES string of the molecule is OCCC#Cc1ccc(C(F)(F)F)cc1Cl. The molecule has 1 aromatic carbocycles. The molecule has 0 saturated heterocycles. The Labute approximate surface area is 95.8 Å². The van der Waals surface area contributed by atoms with Crippen molar-refractivity contribution in [3.05, 3.63) is 34.3 Å². The van der Waals surface area contributed by atoms with Gasteiger partial charge in [0, 0.05) is 12.0 Å². The lowest BCUT2D eigenvalue weighted by molar-refractivity contribution is -0.137. The molecule has 0 aromatic heterocycles. The summed E-state index contributed by atoms with van der Waals surface area (Å²) in [6.45, 7) is -0.0920.